The van der Waals surface area contributed by atoms with Gasteiger partial charge in [0.15, 0.2) is 0 Å². The van der Waals surface area contributed by atoms with Gasteiger partial charge in [0, 0.05) is 17.5 Å². The van der Waals surface area contributed by atoms with E-state index in [1.165, 1.54) is 6.07 Å². The van der Waals surface area contributed by atoms with Crippen molar-refractivity contribution in [2.45, 2.75) is 19.8 Å². The summed E-state index contributed by atoms with van der Waals surface area (Å²) in [6, 6.07) is 19.7. The van der Waals surface area contributed by atoms with Crippen LogP contribution in [-0.4, -0.2) is 45.9 Å². The number of nitrogens with one attached hydrogen (secondary N) is 1. The molecule has 0 aliphatic carbocycles. The molecule has 0 aliphatic rings. The highest BCUT2D eigenvalue weighted by Gasteiger charge is 2.22. The van der Waals surface area contributed by atoms with Gasteiger partial charge in [-0.2, -0.15) is 0 Å². The number of esters is 1. The van der Waals surface area contributed by atoms with E-state index in [0.29, 0.717) is 28.8 Å². The molecule has 0 aliphatic heterocycles. The summed E-state index contributed by atoms with van der Waals surface area (Å²) in [7, 11) is 0. The maximum absolute atomic E-state index is 13.1. The number of rotatable bonds is 11. The van der Waals surface area contributed by atoms with Crippen molar-refractivity contribution < 1.29 is 23.8 Å². The van der Waals surface area contributed by atoms with Crippen LogP contribution < -0.4 is 10.1 Å². The number of hydrogen-bond donors (Lipinski definition) is 1. The first-order valence-corrected chi connectivity index (χ1v) is 12.5. The lowest BCUT2D eigenvalue weighted by Crippen LogP contribution is -2.15. The minimum absolute atomic E-state index is 0.0269. The van der Waals surface area contributed by atoms with E-state index in [1.54, 1.807) is 12.1 Å². The standard InChI is InChI=1S/C28H25N5O6/c1-2-3-15-37-19-10-8-18(9-11-19)25-17-21(20-6-4-5-7-22(20)30-25)28(34)38-16-14-29-24-13-12-23-26(32-39-31-23)27(24)33(35)36/h4-13,17,29H,2-3,14-16H2,1H3. The summed E-state index contributed by atoms with van der Waals surface area (Å²) in [6.07, 6.45) is 2.05. The summed E-state index contributed by atoms with van der Waals surface area (Å²) in [4.78, 5) is 28.9. The summed E-state index contributed by atoms with van der Waals surface area (Å²) in [5.74, 6) is 0.251. The van der Waals surface area contributed by atoms with Crippen LogP contribution in [0.3, 0.4) is 0 Å². The quantitative estimate of drug-likeness (QED) is 0.0969. The monoisotopic (exact) mass is 527 g/mol. The lowest BCUT2D eigenvalue weighted by atomic mass is 10.0. The minimum Gasteiger partial charge on any atom is -0.494 e. The Balaban J connectivity index is 1.30. The van der Waals surface area contributed by atoms with Gasteiger partial charge < -0.3 is 14.8 Å². The summed E-state index contributed by atoms with van der Waals surface area (Å²) in [5.41, 5.74) is 2.78. The predicted molar refractivity (Wildman–Crippen MR) is 145 cm³/mol. The summed E-state index contributed by atoms with van der Waals surface area (Å²) in [5, 5.41) is 22.4. The number of aromatic nitrogens is 3. The maximum atomic E-state index is 13.1. The van der Waals surface area contributed by atoms with E-state index < -0.39 is 10.9 Å². The summed E-state index contributed by atoms with van der Waals surface area (Å²) < 4.78 is 15.9. The van der Waals surface area contributed by atoms with Crippen molar-refractivity contribution in [3.63, 3.8) is 0 Å². The number of benzene rings is 3. The molecule has 0 amide bonds. The van der Waals surface area contributed by atoms with E-state index in [9.17, 15) is 14.9 Å². The van der Waals surface area contributed by atoms with Gasteiger partial charge in [0.25, 0.3) is 0 Å². The maximum Gasteiger partial charge on any atom is 0.338 e. The first-order valence-electron chi connectivity index (χ1n) is 12.5. The average Bonchev–Trinajstić information content (AvgIpc) is 3.43. The number of ether oxygens (including phenoxy) is 2. The van der Waals surface area contributed by atoms with Crippen LogP contribution in [0.15, 0.2) is 71.4 Å². The molecule has 5 aromatic rings. The molecule has 3 aromatic carbocycles. The number of unbranched alkanes of at least 4 members (excludes halogenated alkanes) is 1. The van der Waals surface area contributed by atoms with Crippen molar-refractivity contribution in [3.05, 3.63) is 82.4 Å². The second-order valence-electron chi connectivity index (χ2n) is 8.71. The number of para-hydroxylation sites is 1. The Morgan fingerprint density at radius 2 is 1.85 bits per heavy atom. The molecule has 2 heterocycles. The molecule has 39 heavy (non-hydrogen) atoms. The summed E-state index contributed by atoms with van der Waals surface area (Å²) in [6.45, 7) is 2.88. The number of pyridine rings is 1. The Hall–Kier alpha value is -5.06. The number of carbonyl (C=O) groups excluding carboxylic acids is 1. The molecule has 0 bridgehead atoms. The Kier molecular flexibility index (Phi) is 7.58. The third-order valence-corrected chi connectivity index (χ3v) is 6.09. The topological polar surface area (TPSA) is 143 Å². The zero-order valence-electron chi connectivity index (χ0n) is 21.1. The third-order valence-electron chi connectivity index (χ3n) is 6.09. The fourth-order valence-corrected chi connectivity index (χ4v) is 4.12. The van der Waals surface area contributed by atoms with E-state index in [4.69, 9.17) is 14.5 Å². The zero-order valence-corrected chi connectivity index (χ0v) is 21.1. The molecule has 0 atom stereocenters. The molecule has 1 N–H and O–H groups in total. The molecule has 0 unspecified atom stereocenters. The molecule has 0 saturated carbocycles. The van der Waals surface area contributed by atoms with Gasteiger partial charge in [0.2, 0.25) is 5.52 Å². The van der Waals surface area contributed by atoms with Crippen LogP contribution in [0.4, 0.5) is 11.4 Å². The van der Waals surface area contributed by atoms with Gasteiger partial charge in [-0.25, -0.2) is 14.4 Å². The molecule has 198 valence electrons. The van der Waals surface area contributed by atoms with Crippen LogP contribution in [0.25, 0.3) is 33.2 Å². The SMILES string of the molecule is CCCCOc1ccc(-c2cc(C(=O)OCCNc3ccc4nonc4c3[N+](=O)[O-])c3ccccc3n2)cc1. The Bertz CT molecular complexity index is 1630. The Morgan fingerprint density at radius 3 is 2.64 bits per heavy atom. The predicted octanol–water partition coefficient (Wildman–Crippen LogP) is 5.79. The Labute approximate surface area is 222 Å². The van der Waals surface area contributed by atoms with Crippen molar-refractivity contribution in [1.82, 2.24) is 15.3 Å². The largest absolute Gasteiger partial charge is 0.494 e. The molecule has 5 rings (SSSR count). The summed E-state index contributed by atoms with van der Waals surface area (Å²) >= 11 is 0. The highest BCUT2D eigenvalue weighted by molar-refractivity contribution is 6.04. The normalized spacial score (nSPS) is 11.0. The van der Waals surface area contributed by atoms with E-state index in [2.05, 4.69) is 27.2 Å². The van der Waals surface area contributed by atoms with Crippen LogP contribution in [-0.2, 0) is 4.74 Å². The molecule has 11 heteroatoms. The van der Waals surface area contributed by atoms with Gasteiger partial charge in [-0.15, -0.1) is 0 Å². The average molecular weight is 528 g/mol. The molecule has 11 nitrogen and oxygen atoms in total. The van der Waals surface area contributed by atoms with Crippen LogP contribution in [0, 0.1) is 10.1 Å². The van der Waals surface area contributed by atoms with Crippen LogP contribution >= 0.6 is 0 Å². The number of carbonyl (C=O) groups is 1. The minimum atomic E-state index is -0.560. The molecule has 0 radical (unpaired) electrons. The highest BCUT2D eigenvalue weighted by Crippen LogP contribution is 2.31. The van der Waals surface area contributed by atoms with Crippen molar-refractivity contribution in [3.8, 4) is 17.0 Å². The fraction of sp³-hybridized carbons (Fsp3) is 0.214. The first-order chi connectivity index (χ1) is 19.0. The van der Waals surface area contributed by atoms with Crippen molar-refractivity contribution in [2.24, 2.45) is 0 Å². The third kappa shape index (κ3) is 5.61. The lowest BCUT2D eigenvalue weighted by molar-refractivity contribution is -0.382. The molecule has 0 fully saturated rings. The smallest absolute Gasteiger partial charge is 0.338 e. The number of nitrogens with zero attached hydrogens (tertiary/aromatic N) is 4. The van der Waals surface area contributed by atoms with Gasteiger partial charge in [-0.3, -0.25) is 10.1 Å². The van der Waals surface area contributed by atoms with Gasteiger partial charge in [0.1, 0.15) is 23.6 Å². The van der Waals surface area contributed by atoms with E-state index >= 15 is 0 Å². The fourth-order valence-electron chi connectivity index (χ4n) is 4.12. The Morgan fingerprint density at radius 1 is 1.03 bits per heavy atom. The van der Waals surface area contributed by atoms with Crippen molar-refractivity contribution in [2.75, 3.05) is 25.1 Å². The van der Waals surface area contributed by atoms with Crippen molar-refractivity contribution in [1.29, 1.82) is 0 Å². The van der Waals surface area contributed by atoms with Crippen LogP contribution in [0.5, 0.6) is 5.75 Å². The van der Waals surface area contributed by atoms with E-state index in [0.717, 1.165) is 24.2 Å². The van der Waals surface area contributed by atoms with Gasteiger partial charge in [-0.05, 0) is 65.3 Å². The number of nitro groups is 1. The van der Waals surface area contributed by atoms with Gasteiger partial charge in [0.05, 0.1) is 28.3 Å². The van der Waals surface area contributed by atoms with Gasteiger partial charge >= 0.3 is 11.7 Å². The number of nitro benzene ring substituents is 1. The second-order valence-corrected chi connectivity index (χ2v) is 8.71. The number of hydrogen-bond acceptors (Lipinski definition) is 10. The molecule has 0 saturated heterocycles. The van der Waals surface area contributed by atoms with Gasteiger partial charge in [-0.1, -0.05) is 31.5 Å². The molecular weight excluding hydrogens is 502 g/mol. The number of anilines is 1. The molecular formula is C28H25N5O6. The van der Waals surface area contributed by atoms with Crippen LogP contribution in [0.2, 0.25) is 0 Å². The van der Waals surface area contributed by atoms with Crippen molar-refractivity contribution >= 4 is 39.3 Å². The second kappa shape index (κ2) is 11.5. The first kappa shape index (κ1) is 25.6. The number of fused-ring (bicyclic) bond motifs is 2. The van der Waals surface area contributed by atoms with E-state index in [1.807, 2.05) is 48.5 Å². The highest BCUT2D eigenvalue weighted by atomic mass is 16.6. The molecule has 2 aromatic heterocycles. The van der Waals surface area contributed by atoms with Crippen LogP contribution in [0.1, 0.15) is 30.1 Å². The lowest BCUT2D eigenvalue weighted by Gasteiger charge is -2.12. The van der Waals surface area contributed by atoms with E-state index in [-0.39, 0.29) is 35.6 Å². The zero-order chi connectivity index (χ0) is 27.2. The molecule has 0 spiro atoms.